The summed E-state index contributed by atoms with van der Waals surface area (Å²) in [5.41, 5.74) is 13.8. The van der Waals surface area contributed by atoms with Crippen molar-refractivity contribution in [1.29, 1.82) is 0 Å². The zero-order valence-corrected chi connectivity index (χ0v) is 22.0. The number of carbonyl (C=O) groups is 1. The normalized spacial score (nSPS) is 13.9. The van der Waals surface area contributed by atoms with Crippen molar-refractivity contribution in [3.8, 4) is 11.5 Å². The molecular weight excluding hydrogens is 470 g/mol. The number of hydrogen-bond donors (Lipinski definition) is 3. The van der Waals surface area contributed by atoms with E-state index in [9.17, 15) is 4.79 Å². The summed E-state index contributed by atoms with van der Waals surface area (Å²) in [4.78, 5) is 24.8. The summed E-state index contributed by atoms with van der Waals surface area (Å²) in [6.45, 7) is 15.0. The van der Waals surface area contributed by atoms with E-state index in [0.29, 0.717) is 35.3 Å². The Morgan fingerprint density at radius 1 is 1.22 bits per heavy atom. The van der Waals surface area contributed by atoms with Gasteiger partial charge in [-0.3, -0.25) is 9.48 Å². The lowest BCUT2D eigenvalue weighted by Gasteiger charge is -2.31. The van der Waals surface area contributed by atoms with E-state index in [2.05, 4.69) is 51.0 Å². The Kier molecular flexibility index (Phi) is 8.59. The summed E-state index contributed by atoms with van der Waals surface area (Å²) >= 11 is 0. The molecule has 11 nitrogen and oxygen atoms in total. The monoisotopic (exact) mass is 505 g/mol. The molecule has 0 aliphatic rings. The Hall–Kier alpha value is -4.28. The van der Waals surface area contributed by atoms with Gasteiger partial charge in [0.25, 0.3) is 5.89 Å². The van der Waals surface area contributed by atoms with E-state index < -0.39 is 5.41 Å². The number of amides is 1. The molecule has 1 amide bonds. The molecule has 0 aromatic carbocycles. The summed E-state index contributed by atoms with van der Waals surface area (Å²) in [5, 5.41) is 11.4. The van der Waals surface area contributed by atoms with E-state index in [1.165, 1.54) is 10.9 Å². The van der Waals surface area contributed by atoms with Crippen LogP contribution in [-0.4, -0.2) is 42.3 Å². The summed E-state index contributed by atoms with van der Waals surface area (Å²) in [7, 11) is 0. The third-order valence-corrected chi connectivity index (χ3v) is 6.22. The van der Waals surface area contributed by atoms with Crippen molar-refractivity contribution < 1.29 is 9.32 Å². The van der Waals surface area contributed by atoms with E-state index >= 15 is 0 Å². The molecule has 3 aromatic heterocycles. The largest absolute Gasteiger partial charge is 0.404 e. The van der Waals surface area contributed by atoms with Gasteiger partial charge in [0.15, 0.2) is 5.82 Å². The fraction of sp³-hybridized carbons (Fsp3) is 0.385. The Bertz CT molecular complexity index is 1290. The lowest BCUT2D eigenvalue weighted by Crippen LogP contribution is -2.32. The molecule has 0 bridgehead atoms. The molecule has 0 radical (unpaired) electrons. The quantitative estimate of drug-likeness (QED) is 0.332. The van der Waals surface area contributed by atoms with Crippen LogP contribution in [0.25, 0.3) is 17.0 Å². The van der Waals surface area contributed by atoms with Crippen molar-refractivity contribution in [2.45, 2.75) is 46.6 Å². The van der Waals surface area contributed by atoms with Crippen LogP contribution >= 0.6 is 0 Å². The molecule has 0 aliphatic heterocycles. The fourth-order valence-electron chi connectivity index (χ4n) is 3.55. The molecule has 196 valence electrons. The van der Waals surface area contributed by atoms with Crippen LogP contribution in [0.1, 0.15) is 46.0 Å². The first-order valence-corrected chi connectivity index (χ1v) is 12.1. The predicted molar refractivity (Wildman–Crippen MR) is 142 cm³/mol. The highest BCUT2D eigenvalue weighted by Gasteiger charge is 2.38. The lowest BCUT2D eigenvalue weighted by atomic mass is 9.72. The predicted octanol–water partition coefficient (Wildman–Crippen LogP) is 3.10. The first-order valence-electron chi connectivity index (χ1n) is 12.1. The van der Waals surface area contributed by atoms with Crippen molar-refractivity contribution in [2.75, 3.05) is 12.3 Å². The van der Waals surface area contributed by atoms with Gasteiger partial charge in [0, 0.05) is 30.7 Å². The van der Waals surface area contributed by atoms with Crippen LogP contribution < -0.4 is 16.8 Å². The number of nitrogens with one attached hydrogen (secondary N) is 1. The number of rotatable bonds is 11. The van der Waals surface area contributed by atoms with Crippen molar-refractivity contribution >= 4 is 17.4 Å². The molecule has 11 heteroatoms. The summed E-state index contributed by atoms with van der Waals surface area (Å²) in [6, 6.07) is 0. The molecule has 3 heterocycles. The number of nitrogen functional groups attached to an aromatic ring is 1. The molecule has 0 saturated heterocycles. The second-order valence-electron chi connectivity index (χ2n) is 9.72. The molecule has 0 aliphatic carbocycles. The van der Waals surface area contributed by atoms with E-state index in [1.807, 2.05) is 32.9 Å². The van der Waals surface area contributed by atoms with Gasteiger partial charge in [0.2, 0.25) is 11.9 Å². The zero-order valence-electron chi connectivity index (χ0n) is 22.0. The second-order valence-corrected chi connectivity index (χ2v) is 9.72. The maximum Gasteiger partial charge on any atom is 0.261 e. The molecule has 0 unspecified atom stereocenters. The zero-order chi connectivity index (χ0) is 27.2. The van der Waals surface area contributed by atoms with Crippen LogP contribution in [-0.2, 0) is 16.8 Å². The Balaban J connectivity index is 1.81. The van der Waals surface area contributed by atoms with Crippen molar-refractivity contribution in [3.63, 3.8) is 0 Å². The van der Waals surface area contributed by atoms with E-state index in [4.69, 9.17) is 16.0 Å². The van der Waals surface area contributed by atoms with Crippen LogP contribution in [0.15, 0.2) is 59.8 Å². The summed E-state index contributed by atoms with van der Waals surface area (Å²) in [5.74, 6) is 1.30. The molecule has 5 N–H and O–H groups in total. The Labute approximate surface area is 216 Å². The summed E-state index contributed by atoms with van der Waals surface area (Å²) in [6.07, 6.45) is 11.8. The minimum absolute atomic E-state index is 0.0675. The lowest BCUT2D eigenvalue weighted by molar-refractivity contribution is -0.122. The third kappa shape index (κ3) is 6.49. The number of nitrogens with zero attached hydrogens (tertiary/aromatic N) is 6. The molecule has 37 heavy (non-hydrogen) atoms. The third-order valence-electron chi connectivity index (χ3n) is 6.22. The Morgan fingerprint density at radius 2 is 1.92 bits per heavy atom. The first-order chi connectivity index (χ1) is 17.5. The number of hydrogen-bond acceptors (Lipinski definition) is 9. The van der Waals surface area contributed by atoms with Gasteiger partial charge in [-0.15, -0.1) is 0 Å². The van der Waals surface area contributed by atoms with Crippen LogP contribution in [0.3, 0.4) is 0 Å². The molecule has 0 spiro atoms. The van der Waals surface area contributed by atoms with E-state index in [-0.39, 0.29) is 24.3 Å². The highest BCUT2D eigenvalue weighted by molar-refractivity contribution is 5.75. The highest BCUT2D eigenvalue weighted by Crippen LogP contribution is 2.39. The van der Waals surface area contributed by atoms with Crippen molar-refractivity contribution in [1.82, 2.24) is 35.2 Å². The number of aromatic nitrogens is 6. The smallest absolute Gasteiger partial charge is 0.261 e. The van der Waals surface area contributed by atoms with Crippen LogP contribution in [0.4, 0.5) is 5.95 Å². The average molecular weight is 506 g/mol. The minimum Gasteiger partial charge on any atom is -0.404 e. The van der Waals surface area contributed by atoms with Gasteiger partial charge in [-0.1, -0.05) is 51.6 Å². The highest BCUT2D eigenvalue weighted by atomic mass is 16.5. The number of nitrogens with two attached hydrogens (primary N) is 2. The van der Waals surface area contributed by atoms with Gasteiger partial charge in [-0.2, -0.15) is 10.1 Å². The molecular formula is C26H35N9O2. The SMILES string of the molecule is C=C(/C=C\C(=C/N)[C@](C)(c1noc(-c2cnn(CC(=O)NCC(C)C)c2)n1)C(C)C)c1cnc(N)nc1. The van der Waals surface area contributed by atoms with Gasteiger partial charge < -0.3 is 21.3 Å². The van der Waals surface area contributed by atoms with E-state index in [1.54, 1.807) is 24.8 Å². The maximum atomic E-state index is 12.1. The molecule has 0 saturated carbocycles. The molecule has 3 aromatic rings. The van der Waals surface area contributed by atoms with Crippen LogP contribution in [0.2, 0.25) is 0 Å². The molecule has 3 rings (SSSR count). The second kappa shape index (κ2) is 11.6. The fourth-order valence-corrected chi connectivity index (χ4v) is 3.55. The molecule has 0 fully saturated rings. The van der Waals surface area contributed by atoms with Gasteiger partial charge in [-0.05, 0) is 36.1 Å². The Morgan fingerprint density at radius 3 is 2.54 bits per heavy atom. The standard InChI is InChI=1S/C26H35N9O2/c1-16(2)10-29-22(36)15-35-14-20(13-32-35)23-33-24(34-37-23)26(6,17(3)4)21(9-27)8-7-18(5)19-11-30-25(28)31-12-19/h7-9,11-14,16-17H,5,10,15,27H2,1-4,6H3,(H,29,36)(H2,28,30,31)/b8-7-,21-9+/t26-/m1/s1. The van der Waals surface area contributed by atoms with Crippen LogP contribution in [0.5, 0.6) is 0 Å². The molecule has 1 atom stereocenters. The van der Waals surface area contributed by atoms with Gasteiger partial charge in [0.1, 0.15) is 6.54 Å². The number of allylic oxidation sites excluding steroid dienone is 4. The van der Waals surface area contributed by atoms with Gasteiger partial charge >= 0.3 is 0 Å². The number of carbonyl (C=O) groups excluding carboxylic acids is 1. The topological polar surface area (TPSA) is 164 Å². The van der Waals surface area contributed by atoms with Gasteiger partial charge in [0.05, 0.1) is 17.2 Å². The summed E-state index contributed by atoms with van der Waals surface area (Å²) < 4.78 is 7.13. The van der Waals surface area contributed by atoms with Crippen molar-refractivity contribution in [2.24, 2.45) is 17.6 Å². The van der Waals surface area contributed by atoms with Crippen LogP contribution in [0, 0.1) is 11.8 Å². The maximum absolute atomic E-state index is 12.1. The van der Waals surface area contributed by atoms with Crippen molar-refractivity contribution in [3.05, 3.63) is 66.7 Å². The minimum atomic E-state index is -0.669. The average Bonchev–Trinajstić information content (AvgIpc) is 3.53. The van der Waals surface area contributed by atoms with E-state index in [0.717, 1.165) is 11.1 Å². The number of anilines is 1. The van der Waals surface area contributed by atoms with Gasteiger partial charge in [-0.25, -0.2) is 9.97 Å². The first kappa shape index (κ1) is 27.3.